The SMILES string of the molecule is CN(C(=O)C1CN(S(=O)(=O)Cc2ccccc2)c2ccccc2O1)C1CCCCC1. The Morgan fingerprint density at radius 1 is 1.03 bits per heavy atom. The highest BCUT2D eigenvalue weighted by atomic mass is 32.2. The van der Waals surface area contributed by atoms with Crippen LogP contribution in [0.2, 0.25) is 0 Å². The molecule has 0 aromatic heterocycles. The van der Waals surface area contributed by atoms with Gasteiger partial charge in [-0.15, -0.1) is 0 Å². The van der Waals surface area contributed by atoms with Crippen molar-refractivity contribution in [3.8, 4) is 5.75 Å². The number of sulfonamides is 1. The maximum Gasteiger partial charge on any atom is 0.265 e. The molecule has 1 unspecified atom stereocenters. The number of likely N-dealkylation sites (N-methyl/N-ethyl adjacent to an activating group) is 1. The lowest BCUT2D eigenvalue weighted by Gasteiger charge is -2.38. The van der Waals surface area contributed by atoms with Crippen molar-refractivity contribution >= 4 is 21.6 Å². The van der Waals surface area contributed by atoms with Gasteiger partial charge in [0.15, 0.2) is 6.10 Å². The number of anilines is 1. The molecule has 1 fully saturated rings. The number of nitrogens with zero attached hydrogens (tertiary/aromatic N) is 2. The number of amides is 1. The van der Waals surface area contributed by atoms with Gasteiger partial charge in [-0.25, -0.2) is 8.42 Å². The van der Waals surface area contributed by atoms with E-state index in [1.165, 1.54) is 10.7 Å². The summed E-state index contributed by atoms with van der Waals surface area (Å²) in [6.45, 7) is -0.0118. The summed E-state index contributed by atoms with van der Waals surface area (Å²) in [5, 5.41) is 0. The van der Waals surface area contributed by atoms with E-state index >= 15 is 0 Å². The number of ether oxygens (including phenoxy) is 1. The van der Waals surface area contributed by atoms with Crippen LogP contribution in [-0.4, -0.2) is 45.0 Å². The fourth-order valence-electron chi connectivity index (χ4n) is 4.33. The smallest absolute Gasteiger partial charge is 0.265 e. The lowest BCUT2D eigenvalue weighted by molar-refractivity contribution is -0.139. The van der Waals surface area contributed by atoms with Crippen molar-refractivity contribution in [3.05, 3.63) is 60.2 Å². The molecule has 1 aliphatic heterocycles. The third kappa shape index (κ3) is 4.31. The Bertz CT molecular complexity index is 987. The molecule has 0 spiro atoms. The summed E-state index contributed by atoms with van der Waals surface area (Å²) in [5.74, 6) is 0.147. The number of rotatable bonds is 5. The first-order valence-corrected chi connectivity index (χ1v) is 12.1. The Balaban J connectivity index is 1.60. The molecular formula is C23H28N2O4S. The van der Waals surface area contributed by atoms with E-state index in [-0.39, 0.29) is 24.2 Å². The van der Waals surface area contributed by atoms with Gasteiger partial charge in [0, 0.05) is 13.1 Å². The van der Waals surface area contributed by atoms with Gasteiger partial charge < -0.3 is 9.64 Å². The highest BCUT2D eigenvalue weighted by Gasteiger charge is 2.39. The monoisotopic (exact) mass is 428 g/mol. The molecule has 0 N–H and O–H groups in total. The molecule has 1 aliphatic carbocycles. The van der Waals surface area contributed by atoms with Crippen LogP contribution in [0, 0.1) is 0 Å². The quantitative estimate of drug-likeness (QED) is 0.730. The van der Waals surface area contributed by atoms with Crippen molar-refractivity contribution in [1.29, 1.82) is 0 Å². The molecule has 2 aliphatic rings. The van der Waals surface area contributed by atoms with E-state index in [9.17, 15) is 13.2 Å². The largest absolute Gasteiger partial charge is 0.476 e. The Kier molecular flexibility index (Phi) is 5.99. The fraction of sp³-hybridized carbons (Fsp3) is 0.435. The molecule has 0 saturated heterocycles. The summed E-state index contributed by atoms with van der Waals surface area (Å²) in [6, 6.07) is 16.3. The third-order valence-electron chi connectivity index (χ3n) is 6.01. The normalized spacial score (nSPS) is 19.6. The molecule has 1 saturated carbocycles. The molecule has 160 valence electrons. The van der Waals surface area contributed by atoms with Crippen LogP contribution >= 0.6 is 0 Å². The molecule has 1 heterocycles. The maximum atomic E-state index is 13.3. The molecule has 1 atom stereocenters. The number of carbonyl (C=O) groups is 1. The number of carbonyl (C=O) groups excluding carboxylic acids is 1. The van der Waals surface area contributed by atoms with Gasteiger partial charge in [-0.3, -0.25) is 9.10 Å². The van der Waals surface area contributed by atoms with Gasteiger partial charge in [-0.05, 0) is 30.5 Å². The van der Waals surface area contributed by atoms with Gasteiger partial charge in [0.2, 0.25) is 10.0 Å². The zero-order chi connectivity index (χ0) is 21.1. The van der Waals surface area contributed by atoms with Crippen LogP contribution in [0.3, 0.4) is 0 Å². The molecule has 1 amide bonds. The topological polar surface area (TPSA) is 66.9 Å². The third-order valence-corrected chi connectivity index (χ3v) is 7.72. The van der Waals surface area contributed by atoms with Crippen molar-refractivity contribution in [1.82, 2.24) is 4.90 Å². The molecule has 2 aromatic carbocycles. The molecular weight excluding hydrogens is 400 g/mol. The van der Waals surface area contributed by atoms with Crippen molar-refractivity contribution in [2.24, 2.45) is 0 Å². The van der Waals surface area contributed by atoms with Crippen molar-refractivity contribution < 1.29 is 17.9 Å². The average molecular weight is 429 g/mol. The van der Waals surface area contributed by atoms with Gasteiger partial charge in [-0.2, -0.15) is 0 Å². The Hall–Kier alpha value is -2.54. The van der Waals surface area contributed by atoms with Crippen LogP contribution in [0.4, 0.5) is 5.69 Å². The number of benzene rings is 2. The van der Waals surface area contributed by atoms with Crippen molar-refractivity contribution in [3.63, 3.8) is 0 Å². The van der Waals surface area contributed by atoms with Gasteiger partial charge in [0.25, 0.3) is 5.91 Å². The second-order valence-electron chi connectivity index (χ2n) is 8.09. The highest BCUT2D eigenvalue weighted by Crippen LogP contribution is 2.36. The van der Waals surface area contributed by atoms with E-state index in [0.717, 1.165) is 25.7 Å². The van der Waals surface area contributed by atoms with E-state index in [1.54, 1.807) is 41.3 Å². The van der Waals surface area contributed by atoms with Gasteiger partial charge in [-0.1, -0.05) is 61.7 Å². The van der Waals surface area contributed by atoms with Crippen LogP contribution in [0.5, 0.6) is 5.75 Å². The first-order valence-electron chi connectivity index (χ1n) is 10.5. The molecule has 30 heavy (non-hydrogen) atoms. The minimum Gasteiger partial charge on any atom is -0.476 e. The van der Waals surface area contributed by atoms with Crippen molar-refractivity contribution in [2.45, 2.75) is 50.0 Å². The summed E-state index contributed by atoms with van der Waals surface area (Å²) >= 11 is 0. The fourth-order valence-corrected chi connectivity index (χ4v) is 5.91. The van der Waals surface area contributed by atoms with Gasteiger partial charge >= 0.3 is 0 Å². The highest BCUT2D eigenvalue weighted by molar-refractivity contribution is 7.92. The standard InChI is InChI=1S/C23H28N2O4S/c1-24(19-12-6-3-7-13-19)23(26)22-16-25(20-14-8-9-15-21(20)29-22)30(27,28)17-18-10-4-2-5-11-18/h2,4-5,8-11,14-15,19,22H,3,6-7,12-13,16-17H2,1H3. The molecule has 0 radical (unpaired) electrons. The number of hydrogen-bond donors (Lipinski definition) is 0. The van der Waals surface area contributed by atoms with E-state index in [2.05, 4.69) is 0 Å². The Morgan fingerprint density at radius 2 is 1.70 bits per heavy atom. The van der Waals surface area contributed by atoms with E-state index < -0.39 is 16.1 Å². The first kappa shape index (κ1) is 20.7. The Labute approximate surface area is 178 Å². The van der Waals surface area contributed by atoms with E-state index in [1.807, 2.05) is 25.2 Å². The molecule has 0 bridgehead atoms. The summed E-state index contributed by atoms with van der Waals surface area (Å²) in [7, 11) is -1.87. The van der Waals surface area contributed by atoms with Crippen LogP contribution in [0.15, 0.2) is 54.6 Å². The zero-order valence-electron chi connectivity index (χ0n) is 17.2. The Morgan fingerprint density at radius 3 is 2.43 bits per heavy atom. The predicted molar refractivity (Wildman–Crippen MR) is 117 cm³/mol. The van der Waals surface area contributed by atoms with E-state index in [0.29, 0.717) is 17.0 Å². The predicted octanol–water partition coefficient (Wildman–Crippen LogP) is 3.58. The van der Waals surface area contributed by atoms with Gasteiger partial charge in [0.1, 0.15) is 5.75 Å². The minimum absolute atomic E-state index is 0.0118. The summed E-state index contributed by atoms with van der Waals surface area (Å²) < 4.78 is 33.9. The van der Waals surface area contributed by atoms with Gasteiger partial charge in [0.05, 0.1) is 18.0 Å². The lowest BCUT2D eigenvalue weighted by atomic mass is 9.94. The summed E-state index contributed by atoms with van der Waals surface area (Å²) in [5.41, 5.74) is 1.20. The van der Waals surface area contributed by atoms with E-state index in [4.69, 9.17) is 4.74 Å². The lowest BCUT2D eigenvalue weighted by Crippen LogP contribution is -2.53. The first-order chi connectivity index (χ1) is 14.5. The molecule has 4 rings (SSSR count). The van der Waals surface area contributed by atoms with Crippen LogP contribution in [0.25, 0.3) is 0 Å². The number of hydrogen-bond acceptors (Lipinski definition) is 4. The van der Waals surface area contributed by atoms with Crippen LogP contribution < -0.4 is 9.04 Å². The molecule has 6 nitrogen and oxygen atoms in total. The van der Waals surface area contributed by atoms with Crippen LogP contribution in [-0.2, 0) is 20.6 Å². The second-order valence-corrected chi connectivity index (χ2v) is 9.98. The average Bonchev–Trinajstić information content (AvgIpc) is 2.78. The number of fused-ring (bicyclic) bond motifs is 1. The second kappa shape index (κ2) is 8.68. The molecule has 7 heteroatoms. The van der Waals surface area contributed by atoms with Crippen molar-refractivity contribution in [2.75, 3.05) is 17.9 Å². The summed E-state index contributed by atoms with van der Waals surface area (Å²) in [4.78, 5) is 15.0. The minimum atomic E-state index is -3.68. The summed E-state index contributed by atoms with van der Waals surface area (Å²) in [6.07, 6.45) is 4.57. The molecule has 2 aromatic rings. The maximum absolute atomic E-state index is 13.3. The zero-order valence-corrected chi connectivity index (χ0v) is 18.1. The number of para-hydroxylation sites is 2. The van der Waals surface area contributed by atoms with Crippen LogP contribution in [0.1, 0.15) is 37.7 Å².